The lowest BCUT2D eigenvalue weighted by Crippen LogP contribution is -2.49. The van der Waals surface area contributed by atoms with E-state index in [1.165, 1.54) is 22.1 Å². The molecular weight excluding hydrogens is 422 g/mol. The predicted octanol–water partition coefficient (Wildman–Crippen LogP) is 5.04. The number of aromatic nitrogens is 1. The second kappa shape index (κ2) is 10.1. The first-order valence-electron chi connectivity index (χ1n) is 12.0. The Morgan fingerprint density at radius 3 is 2.29 bits per heavy atom. The molecule has 0 spiro atoms. The molecule has 1 fully saturated rings. The largest absolute Gasteiger partial charge is 0.497 e. The highest BCUT2D eigenvalue weighted by atomic mass is 16.5. The van der Waals surface area contributed by atoms with Crippen molar-refractivity contribution in [3.05, 3.63) is 102 Å². The number of H-pyrrole nitrogens is 1. The highest BCUT2D eigenvalue weighted by molar-refractivity contribution is 5.84. The van der Waals surface area contributed by atoms with Gasteiger partial charge >= 0.3 is 0 Å². The molecule has 3 aromatic carbocycles. The average molecular weight is 454 g/mol. The summed E-state index contributed by atoms with van der Waals surface area (Å²) in [5.74, 6) is 1.10. The first-order chi connectivity index (χ1) is 16.7. The van der Waals surface area contributed by atoms with Crippen LogP contribution in [0, 0.1) is 0 Å². The van der Waals surface area contributed by atoms with E-state index in [0.717, 1.165) is 43.9 Å². The Bertz CT molecular complexity index is 1230. The van der Waals surface area contributed by atoms with Crippen molar-refractivity contribution < 1.29 is 9.53 Å². The van der Waals surface area contributed by atoms with Crippen LogP contribution in [0.4, 0.5) is 0 Å². The number of ether oxygens (including phenoxy) is 1. The maximum absolute atomic E-state index is 13.0. The average Bonchev–Trinajstić information content (AvgIpc) is 3.32. The van der Waals surface area contributed by atoms with Gasteiger partial charge in [-0.25, -0.2) is 0 Å². The van der Waals surface area contributed by atoms with Crippen molar-refractivity contribution in [3.63, 3.8) is 0 Å². The zero-order valence-corrected chi connectivity index (χ0v) is 19.6. The molecule has 1 aliphatic rings. The van der Waals surface area contributed by atoms with Crippen LogP contribution in [0.2, 0.25) is 0 Å². The van der Waals surface area contributed by atoms with Gasteiger partial charge in [-0.1, -0.05) is 60.7 Å². The molecule has 1 aromatic heterocycles. The van der Waals surface area contributed by atoms with Crippen LogP contribution >= 0.6 is 0 Å². The smallest absolute Gasteiger partial charge is 0.222 e. The molecule has 1 saturated heterocycles. The lowest BCUT2D eigenvalue weighted by atomic mass is 9.96. The number of para-hydroxylation sites is 1. The summed E-state index contributed by atoms with van der Waals surface area (Å²) in [6.07, 6.45) is 3.35. The van der Waals surface area contributed by atoms with Gasteiger partial charge in [-0.05, 0) is 41.3 Å². The van der Waals surface area contributed by atoms with Gasteiger partial charge in [-0.2, -0.15) is 0 Å². The number of benzene rings is 3. The van der Waals surface area contributed by atoms with Crippen LogP contribution < -0.4 is 4.74 Å². The van der Waals surface area contributed by atoms with Gasteiger partial charge in [-0.15, -0.1) is 0 Å². The van der Waals surface area contributed by atoms with Crippen molar-refractivity contribution in [2.75, 3.05) is 33.3 Å². The molecule has 0 aliphatic carbocycles. The Morgan fingerprint density at radius 2 is 1.56 bits per heavy atom. The third-order valence-corrected chi connectivity index (χ3v) is 6.86. The molecule has 5 rings (SSSR count). The van der Waals surface area contributed by atoms with Crippen molar-refractivity contribution in [1.82, 2.24) is 14.8 Å². The highest BCUT2D eigenvalue weighted by Gasteiger charge is 2.28. The number of rotatable bonds is 7. The third kappa shape index (κ3) is 4.70. The molecule has 0 radical (unpaired) electrons. The molecule has 1 atom stereocenters. The molecule has 1 N–H and O–H groups in total. The molecule has 0 unspecified atom stereocenters. The molecule has 5 nitrogen and oxygen atoms in total. The van der Waals surface area contributed by atoms with Gasteiger partial charge in [0.2, 0.25) is 5.91 Å². The van der Waals surface area contributed by atoms with Crippen LogP contribution in [-0.4, -0.2) is 54.0 Å². The fraction of sp³-hybridized carbons (Fsp3) is 0.276. The number of carbonyl (C=O) groups is 1. The van der Waals surface area contributed by atoms with E-state index in [4.69, 9.17) is 4.74 Å². The number of nitrogens with one attached hydrogen (secondary N) is 1. The van der Waals surface area contributed by atoms with E-state index >= 15 is 0 Å². The molecule has 0 saturated carbocycles. The highest BCUT2D eigenvalue weighted by Crippen LogP contribution is 2.31. The van der Waals surface area contributed by atoms with Gasteiger partial charge in [0.15, 0.2) is 0 Å². The van der Waals surface area contributed by atoms with Crippen LogP contribution in [-0.2, 0) is 11.2 Å². The van der Waals surface area contributed by atoms with E-state index in [-0.39, 0.29) is 11.9 Å². The fourth-order valence-corrected chi connectivity index (χ4v) is 5.00. The number of carbonyl (C=O) groups excluding carboxylic acids is 1. The van der Waals surface area contributed by atoms with Crippen LogP contribution in [0.5, 0.6) is 5.75 Å². The number of hydrogen-bond acceptors (Lipinski definition) is 3. The van der Waals surface area contributed by atoms with E-state index in [9.17, 15) is 4.79 Å². The monoisotopic (exact) mass is 453 g/mol. The lowest BCUT2D eigenvalue weighted by Gasteiger charge is -2.40. The zero-order chi connectivity index (χ0) is 23.3. The second-order valence-corrected chi connectivity index (χ2v) is 8.86. The molecular formula is C29H31N3O2. The van der Waals surface area contributed by atoms with E-state index in [1.54, 1.807) is 7.11 Å². The van der Waals surface area contributed by atoms with Crippen molar-refractivity contribution in [3.8, 4) is 5.75 Å². The van der Waals surface area contributed by atoms with E-state index in [2.05, 4.69) is 64.5 Å². The fourth-order valence-electron chi connectivity index (χ4n) is 5.00. The number of aromatic amines is 1. The van der Waals surface area contributed by atoms with Gasteiger partial charge in [0, 0.05) is 49.7 Å². The minimum absolute atomic E-state index is 0.163. The van der Waals surface area contributed by atoms with Crippen LogP contribution in [0.3, 0.4) is 0 Å². The SMILES string of the molecule is COc1ccc([C@H](c2ccccc2)N2CCN(C(=O)CCc3c[nH]c4ccccc34)CC2)cc1. The number of nitrogens with zero attached hydrogens (tertiary/aromatic N) is 2. The Kier molecular flexibility index (Phi) is 6.63. The van der Waals surface area contributed by atoms with E-state index in [1.807, 2.05) is 35.4 Å². The topological polar surface area (TPSA) is 48.6 Å². The molecule has 4 aromatic rings. The molecule has 1 amide bonds. The number of methoxy groups -OCH3 is 1. The Labute approximate surface area is 201 Å². The summed E-state index contributed by atoms with van der Waals surface area (Å²) >= 11 is 0. The van der Waals surface area contributed by atoms with Crippen molar-refractivity contribution in [1.29, 1.82) is 0 Å². The minimum atomic E-state index is 0.163. The van der Waals surface area contributed by atoms with Gasteiger partial charge in [0.25, 0.3) is 0 Å². The van der Waals surface area contributed by atoms with Crippen molar-refractivity contribution in [2.24, 2.45) is 0 Å². The first kappa shape index (κ1) is 22.2. The molecule has 174 valence electrons. The molecule has 0 bridgehead atoms. The summed E-state index contributed by atoms with van der Waals surface area (Å²) in [7, 11) is 1.69. The summed E-state index contributed by atoms with van der Waals surface area (Å²) in [6.45, 7) is 3.22. The molecule has 2 heterocycles. The third-order valence-electron chi connectivity index (χ3n) is 6.86. The summed E-state index contributed by atoms with van der Waals surface area (Å²) in [5, 5.41) is 1.21. The second-order valence-electron chi connectivity index (χ2n) is 8.86. The quantitative estimate of drug-likeness (QED) is 0.426. The van der Waals surface area contributed by atoms with Crippen molar-refractivity contribution >= 4 is 16.8 Å². The Balaban J connectivity index is 1.24. The number of aryl methyl sites for hydroxylation is 1. The molecule has 34 heavy (non-hydrogen) atoms. The zero-order valence-electron chi connectivity index (χ0n) is 19.6. The number of hydrogen-bond donors (Lipinski definition) is 1. The summed E-state index contributed by atoms with van der Waals surface area (Å²) in [6, 6.07) is 27.4. The Hall–Kier alpha value is -3.57. The standard InChI is InChI=1S/C29H31N3O2/c1-34-25-14-11-23(12-15-25)29(22-7-3-2-4-8-22)32-19-17-31(18-20-32)28(33)16-13-24-21-30-27-10-6-5-9-26(24)27/h2-12,14-15,21,29-30H,13,16-20H2,1H3/t29-/m0/s1. The molecule has 5 heteroatoms. The number of fused-ring (bicyclic) bond motifs is 1. The maximum atomic E-state index is 13.0. The van der Waals surface area contributed by atoms with Crippen LogP contribution in [0.15, 0.2) is 85.1 Å². The summed E-state index contributed by atoms with van der Waals surface area (Å²) < 4.78 is 5.35. The summed E-state index contributed by atoms with van der Waals surface area (Å²) in [5.41, 5.74) is 4.85. The predicted molar refractivity (Wildman–Crippen MR) is 136 cm³/mol. The first-order valence-corrected chi connectivity index (χ1v) is 12.0. The van der Waals surface area contributed by atoms with Crippen molar-refractivity contribution in [2.45, 2.75) is 18.9 Å². The Morgan fingerprint density at radius 1 is 0.882 bits per heavy atom. The van der Waals surface area contributed by atoms with Crippen LogP contribution in [0.25, 0.3) is 10.9 Å². The molecule has 1 aliphatic heterocycles. The number of amides is 1. The van der Waals surface area contributed by atoms with Gasteiger partial charge in [-0.3, -0.25) is 9.69 Å². The van der Waals surface area contributed by atoms with Gasteiger partial charge in [0.1, 0.15) is 5.75 Å². The maximum Gasteiger partial charge on any atom is 0.222 e. The summed E-state index contributed by atoms with van der Waals surface area (Å²) in [4.78, 5) is 20.8. The van der Waals surface area contributed by atoms with Gasteiger partial charge in [0.05, 0.1) is 13.2 Å². The minimum Gasteiger partial charge on any atom is -0.497 e. The van der Waals surface area contributed by atoms with Gasteiger partial charge < -0.3 is 14.6 Å². The van der Waals surface area contributed by atoms with E-state index in [0.29, 0.717) is 6.42 Å². The van der Waals surface area contributed by atoms with E-state index < -0.39 is 0 Å². The lowest BCUT2D eigenvalue weighted by molar-refractivity contribution is -0.133. The number of piperazine rings is 1. The normalized spacial score (nSPS) is 15.4. The van der Waals surface area contributed by atoms with Crippen LogP contribution in [0.1, 0.15) is 29.2 Å².